The van der Waals surface area contributed by atoms with E-state index in [0.717, 1.165) is 25.2 Å². The van der Waals surface area contributed by atoms with Crippen molar-refractivity contribution < 1.29 is 0 Å². The van der Waals surface area contributed by atoms with Crippen LogP contribution in [0.4, 0.5) is 0 Å². The first-order valence-electron chi connectivity index (χ1n) is 6.86. The maximum Gasteiger partial charge on any atom is 0.142 e. The molecule has 0 bridgehead atoms. The lowest BCUT2D eigenvalue weighted by Gasteiger charge is -2.22. The van der Waals surface area contributed by atoms with E-state index in [4.69, 9.17) is 11.1 Å². The minimum atomic E-state index is 0.0449. The highest BCUT2D eigenvalue weighted by Crippen LogP contribution is 2.09. The van der Waals surface area contributed by atoms with E-state index in [1.54, 1.807) is 6.20 Å². The van der Waals surface area contributed by atoms with Gasteiger partial charge in [0.25, 0.3) is 0 Å². The fraction of sp³-hybridized carbons (Fsp3) is 0.571. The predicted octanol–water partition coefficient (Wildman–Crippen LogP) is 0.893. The monoisotopic (exact) mass is 261 g/mol. The molecular weight excluding hydrogens is 238 g/mol. The molecule has 104 valence electrons. The third-order valence-corrected chi connectivity index (χ3v) is 3.58. The molecule has 5 nitrogen and oxygen atoms in total. The predicted molar refractivity (Wildman–Crippen MR) is 77.3 cm³/mol. The minimum Gasteiger partial charge on any atom is -0.382 e. The summed E-state index contributed by atoms with van der Waals surface area (Å²) in [5, 5.41) is 7.55. The number of nitrogens with two attached hydrogens (primary N) is 1. The second-order valence-corrected chi connectivity index (χ2v) is 5.21. The van der Waals surface area contributed by atoms with Gasteiger partial charge in [-0.3, -0.25) is 10.4 Å². The number of likely N-dealkylation sites (N-methyl/N-ethyl adjacent to an activating group) is 1. The zero-order valence-corrected chi connectivity index (χ0v) is 11.6. The van der Waals surface area contributed by atoms with Gasteiger partial charge in [0, 0.05) is 25.8 Å². The Hall–Kier alpha value is -1.46. The van der Waals surface area contributed by atoms with Gasteiger partial charge < -0.3 is 15.5 Å². The quantitative estimate of drug-likeness (QED) is 0.589. The van der Waals surface area contributed by atoms with Gasteiger partial charge in [0.05, 0.1) is 0 Å². The Morgan fingerprint density at radius 3 is 2.89 bits per heavy atom. The molecule has 1 aromatic heterocycles. The summed E-state index contributed by atoms with van der Waals surface area (Å²) in [6, 6.07) is 3.90. The van der Waals surface area contributed by atoms with E-state index in [0.29, 0.717) is 5.69 Å². The van der Waals surface area contributed by atoms with Gasteiger partial charge >= 0.3 is 0 Å². The second-order valence-electron chi connectivity index (χ2n) is 5.21. The SMILES string of the molecule is CN(CCN1CCCC1)Cc1cccnc1C(=N)N. The molecule has 0 spiro atoms. The van der Waals surface area contributed by atoms with Crippen molar-refractivity contribution in [2.75, 3.05) is 33.2 Å². The van der Waals surface area contributed by atoms with Crippen LogP contribution < -0.4 is 5.73 Å². The van der Waals surface area contributed by atoms with E-state index in [-0.39, 0.29) is 5.84 Å². The number of aromatic nitrogens is 1. The van der Waals surface area contributed by atoms with Crippen LogP contribution in [0.1, 0.15) is 24.1 Å². The summed E-state index contributed by atoms with van der Waals surface area (Å²) in [6.45, 7) is 5.41. The van der Waals surface area contributed by atoms with Crippen molar-refractivity contribution in [2.45, 2.75) is 19.4 Å². The Kier molecular flexibility index (Phi) is 4.87. The standard InChI is InChI=1S/C14H23N5/c1-18(9-10-19-7-2-3-8-19)11-12-5-4-6-17-13(12)14(15)16/h4-6H,2-3,7-11H2,1H3,(H3,15,16). The van der Waals surface area contributed by atoms with Crippen molar-refractivity contribution in [3.8, 4) is 0 Å². The molecule has 0 atom stereocenters. The normalized spacial score (nSPS) is 16.1. The summed E-state index contributed by atoms with van der Waals surface area (Å²) in [5.41, 5.74) is 7.19. The fourth-order valence-corrected chi connectivity index (χ4v) is 2.50. The molecule has 1 aliphatic rings. The third kappa shape index (κ3) is 4.01. The molecule has 2 rings (SSSR count). The van der Waals surface area contributed by atoms with E-state index < -0.39 is 0 Å². The molecular formula is C14H23N5. The summed E-state index contributed by atoms with van der Waals surface area (Å²) in [6.07, 6.45) is 4.35. The van der Waals surface area contributed by atoms with Crippen molar-refractivity contribution in [2.24, 2.45) is 5.73 Å². The highest BCUT2D eigenvalue weighted by atomic mass is 15.2. The zero-order valence-electron chi connectivity index (χ0n) is 11.6. The zero-order chi connectivity index (χ0) is 13.7. The van der Waals surface area contributed by atoms with Gasteiger partial charge in [0.1, 0.15) is 11.5 Å². The van der Waals surface area contributed by atoms with Crippen LogP contribution in [0.5, 0.6) is 0 Å². The molecule has 19 heavy (non-hydrogen) atoms. The maximum absolute atomic E-state index is 7.55. The van der Waals surface area contributed by atoms with Gasteiger partial charge in [0.15, 0.2) is 0 Å². The van der Waals surface area contributed by atoms with E-state index in [2.05, 4.69) is 21.8 Å². The first-order chi connectivity index (χ1) is 9.16. The van der Waals surface area contributed by atoms with Crippen molar-refractivity contribution in [1.29, 1.82) is 5.41 Å². The van der Waals surface area contributed by atoms with Crippen molar-refractivity contribution in [1.82, 2.24) is 14.8 Å². The van der Waals surface area contributed by atoms with Gasteiger partial charge in [-0.05, 0) is 44.6 Å². The summed E-state index contributed by atoms with van der Waals surface area (Å²) in [7, 11) is 2.10. The molecule has 0 aliphatic carbocycles. The molecule has 1 saturated heterocycles. The molecule has 0 saturated carbocycles. The Morgan fingerprint density at radius 2 is 2.21 bits per heavy atom. The number of nitrogens with zero attached hydrogens (tertiary/aromatic N) is 3. The lowest BCUT2D eigenvalue weighted by atomic mass is 10.1. The highest BCUT2D eigenvalue weighted by Gasteiger charge is 2.13. The molecule has 2 heterocycles. The number of nitrogens with one attached hydrogen (secondary N) is 1. The number of amidine groups is 1. The molecule has 1 aliphatic heterocycles. The number of nitrogen functional groups attached to an aromatic ring is 1. The van der Waals surface area contributed by atoms with Gasteiger partial charge in [-0.15, -0.1) is 0 Å². The average Bonchev–Trinajstić information content (AvgIpc) is 2.90. The highest BCUT2D eigenvalue weighted by molar-refractivity contribution is 5.94. The molecule has 1 fully saturated rings. The molecule has 0 aromatic carbocycles. The second kappa shape index (κ2) is 6.63. The molecule has 3 N–H and O–H groups in total. The molecule has 5 heteroatoms. The van der Waals surface area contributed by atoms with Crippen molar-refractivity contribution in [3.63, 3.8) is 0 Å². The van der Waals surface area contributed by atoms with E-state index >= 15 is 0 Å². The first kappa shape index (κ1) is 14.0. The largest absolute Gasteiger partial charge is 0.382 e. The lowest BCUT2D eigenvalue weighted by molar-refractivity contribution is 0.252. The first-order valence-corrected chi connectivity index (χ1v) is 6.86. The number of pyridine rings is 1. The summed E-state index contributed by atoms with van der Waals surface area (Å²) in [4.78, 5) is 8.95. The Labute approximate surface area is 114 Å². The Bertz CT molecular complexity index is 426. The van der Waals surface area contributed by atoms with Crippen LogP contribution in [0, 0.1) is 5.41 Å². The van der Waals surface area contributed by atoms with Crippen LogP contribution in [-0.2, 0) is 6.54 Å². The maximum atomic E-state index is 7.55. The van der Waals surface area contributed by atoms with Crippen LogP contribution >= 0.6 is 0 Å². The number of hydrogen-bond donors (Lipinski definition) is 2. The number of hydrogen-bond acceptors (Lipinski definition) is 4. The smallest absolute Gasteiger partial charge is 0.142 e. The topological polar surface area (TPSA) is 69.2 Å². The van der Waals surface area contributed by atoms with Gasteiger partial charge in [-0.2, -0.15) is 0 Å². The van der Waals surface area contributed by atoms with E-state index in [1.165, 1.54) is 25.9 Å². The van der Waals surface area contributed by atoms with E-state index in [9.17, 15) is 0 Å². The van der Waals surface area contributed by atoms with Crippen LogP contribution in [0.15, 0.2) is 18.3 Å². The minimum absolute atomic E-state index is 0.0449. The van der Waals surface area contributed by atoms with Crippen LogP contribution in [0.3, 0.4) is 0 Å². The third-order valence-electron chi connectivity index (χ3n) is 3.58. The molecule has 0 amide bonds. The van der Waals surface area contributed by atoms with Crippen molar-refractivity contribution >= 4 is 5.84 Å². The lowest BCUT2D eigenvalue weighted by Crippen LogP contribution is -2.31. The van der Waals surface area contributed by atoms with Gasteiger partial charge in [0.2, 0.25) is 0 Å². The van der Waals surface area contributed by atoms with Crippen LogP contribution in [0.2, 0.25) is 0 Å². The summed E-state index contributed by atoms with van der Waals surface area (Å²) in [5.74, 6) is 0.0449. The average molecular weight is 261 g/mol. The Morgan fingerprint density at radius 1 is 1.47 bits per heavy atom. The summed E-state index contributed by atoms with van der Waals surface area (Å²) >= 11 is 0. The van der Waals surface area contributed by atoms with E-state index in [1.807, 2.05) is 12.1 Å². The fourth-order valence-electron chi connectivity index (χ4n) is 2.50. The van der Waals surface area contributed by atoms with Crippen LogP contribution in [-0.4, -0.2) is 53.8 Å². The molecule has 0 unspecified atom stereocenters. The summed E-state index contributed by atoms with van der Waals surface area (Å²) < 4.78 is 0. The molecule has 0 radical (unpaired) electrons. The van der Waals surface area contributed by atoms with Gasteiger partial charge in [-0.1, -0.05) is 6.07 Å². The van der Waals surface area contributed by atoms with Gasteiger partial charge in [-0.25, -0.2) is 0 Å². The van der Waals surface area contributed by atoms with Crippen molar-refractivity contribution in [3.05, 3.63) is 29.6 Å². The Balaban J connectivity index is 1.87. The molecule has 1 aromatic rings. The number of rotatable bonds is 6. The number of likely N-dealkylation sites (tertiary alicyclic amines) is 1. The van der Waals surface area contributed by atoms with Crippen LogP contribution in [0.25, 0.3) is 0 Å².